The first-order chi connectivity index (χ1) is 10.0. The van der Waals surface area contributed by atoms with Crippen molar-refractivity contribution in [2.45, 2.75) is 19.4 Å². The molecule has 1 aliphatic heterocycles. The number of aryl methyl sites for hydroxylation is 2. The number of ether oxygens (including phenoxy) is 2. The van der Waals surface area contributed by atoms with Gasteiger partial charge in [0, 0.05) is 19.2 Å². The Bertz CT molecular complexity index is 669. The van der Waals surface area contributed by atoms with Gasteiger partial charge < -0.3 is 14.6 Å². The molecule has 112 valence electrons. The van der Waals surface area contributed by atoms with Crippen LogP contribution in [0.5, 0.6) is 11.5 Å². The maximum Gasteiger partial charge on any atom is 0.175 e. The van der Waals surface area contributed by atoms with Crippen LogP contribution in [0.25, 0.3) is 0 Å². The van der Waals surface area contributed by atoms with Crippen molar-refractivity contribution < 1.29 is 14.6 Å². The highest BCUT2D eigenvalue weighted by Gasteiger charge is 2.20. The van der Waals surface area contributed by atoms with Crippen molar-refractivity contribution in [3.05, 3.63) is 39.6 Å². The fourth-order valence-corrected chi connectivity index (χ4v) is 3.07. The molecule has 0 saturated carbocycles. The molecule has 0 aliphatic carbocycles. The summed E-state index contributed by atoms with van der Waals surface area (Å²) in [6, 6.07) is 5.70. The van der Waals surface area contributed by atoms with Gasteiger partial charge in [-0.15, -0.1) is 0 Å². The summed E-state index contributed by atoms with van der Waals surface area (Å²) in [4.78, 5) is 0. The Kier molecular flexibility index (Phi) is 3.91. The number of nitrogens with zero attached hydrogens (tertiary/aromatic N) is 2. The number of fused-ring (bicyclic) bond motifs is 1. The van der Waals surface area contributed by atoms with Gasteiger partial charge in [0.25, 0.3) is 0 Å². The third-order valence-electron chi connectivity index (χ3n) is 3.51. The Morgan fingerprint density at radius 1 is 1.33 bits per heavy atom. The first-order valence-corrected chi connectivity index (χ1v) is 7.60. The van der Waals surface area contributed by atoms with Crippen molar-refractivity contribution in [3.8, 4) is 11.5 Å². The number of halogens is 1. The lowest BCUT2D eigenvalue weighted by atomic mass is 10.0. The van der Waals surface area contributed by atoms with Crippen LogP contribution < -0.4 is 9.47 Å². The second-order valence-corrected chi connectivity index (χ2v) is 6.00. The molecule has 0 saturated heterocycles. The van der Waals surface area contributed by atoms with Gasteiger partial charge in [-0.3, -0.25) is 4.68 Å². The molecule has 1 aromatic heterocycles. The van der Waals surface area contributed by atoms with Crippen LogP contribution >= 0.6 is 15.9 Å². The van der Waals surface area contributed by atoms with E-state index in [0.717, 1.165) is 21.4 Å². The van der Waals surface area contributed by atoms with Gasteiger partial charge in [0.05, 0.1) is 16.3 Å². The molecule has 0 spiro atoms. The summed E-state index contributed by atoms with van der Waals surface area (Å²) in [6.07, 6.45) is -0.115. The lowest BCUT2D eigenvalue weighted by molar-refractivity contribution is 0.162. The summed E-state index contributed by atoms with van der Waals surface area (Å²) >= 11 is 3.47. The van der Waals surface area contributed by atoms with E-state index in [2.05, 4.69) is 21.0 Å². The zero-order chi connectivity index (χ0) is 15.0. The Morgan fingerprint density at radius 3 is 2.81 bits per heavy atom. The molecule has 21 heavy (non-hydrogen) atoms. The molecule has 2 aromatic rings. The first-order valence-electron chi connectivity index (χ1n) is 6.81. The Hall–Kier alpha value is -1.53. The predicted molar refractivity (Wildman–Crippen MR) is 81.7 cm³/mol. The van der Waals surface area contributed by atoms with Crippen molar-refractivity contribution in [2.24, 2.45) is 7.05 Å². The van der Waals surface area contributed by atoms with Crippen molar-refractivity contribution in [2.75, 3.05) is 13.2 Å². The van der Waals surface area contributed by atoms with Gasteiger partial charge in [-0.25, -0.2) is 0 Å². The molecule has 0 amide bonds. The smallest absolute Gasteiger partial charge is 0.175 e. The van der Waals surface area contributed by atoms with E-state index < -0.39 is 6.10 Å². The Labute approximate surface area is 131 Å². The summed E-state index contributed by atoms with van der Waals surface area (Å²) in [6.45, 7) is 3.01. The topological polar surface area (TPSA) is 56.5 Å². The molecule has 6 heteroatoms. The zero-order valence-electron chi connectivity index (χ0n) is 12.0. The summed E-state index contributed by atoms with van der Waals surface area (Å²) in [7, 11) is 1.88. The van der Waals surface area contributed by atoms with Crippen molar-refractivity contribution in [3.63, 3.8) is 0 Å². The average Bonchev–Trinajstić information content (AvgIpc) is 2.77. The number of rotatable bonds is 3. The fraction of sp³-hybridized carbons (Fsp3) is 0.400. The van der Waals surface area contributed by atoms with Crippen LogP contribution in [0.2, 0.25) is 0 Å². The molecule has 2 heterocycles. The van der Waals surface area contributed by atoms with E-state index in [-0.39, 0.29) is 0 Å². The van der Waals surface area contributed by atoms with Crippen molar-refractivity contribution in [1.82, 2.24) is 9.78 Å². The Balaban J connectivity index is 1.86. The second-order valence-electron chi connectivity index (χ2n) is 5.15. The molecule has 0 bridgehead atoms. The minimum absolute atomic E-state index is 0.503. The van der Waals surface area contributed by atoms with Crippen molar-refractivity contribution >= 4 is 15.9 Å². The van der Waals surface area contributed by atoms with E-state index in [0.29, 0.717) is 31.1 Å². The SMILES string of the molecule is Cc1cc(CC(O)c2cc(Br)c3c(c2)OCCO3)n(C)n1. The van der Waals surface area contributed by atoms with E-state index in [4.69, 9.17) is 9.47 Å². The minimum Gasteiger partial charge on any atom is -0.486 e. The van der Waals surface area contributed by atoms with Crippen LogP contribution in [0.15, 0.2) is 22.7 Å². The molecule has 1 atom stereocenters. The number of hydrogen-bond donors (Lipinski definition) is 1. The first kappa shape index (κ1) is 14.4. The van der Waals surface area contributed by atoms with E-state index in [1.54, 1.807) is 4.68 Å². The molecule has 1 N–H and O–H groups in total. The number of aromatic nitrogens is 2. The predicted octanol–water partition coefficient (Wildman–Crippen LogP) is 2.54. The highest BCUT2D eigenvalue weighted by atomic mass is 79.9. The van der Waals surface area contributed by atoms with Crippen LogP contribution in [0, 0.1) is 6.92 Å². The van der Waals surface area contributed by atoms with Gasteiger partial charge in [0.1, 0.15) is 13.2 Å². The Morgan fingerprint density at radius 2 is 2.10 bits per heavy atom. The molecule has 0 fully saturated rings. The highest BCUT2D eigenvalue weighted by molar-refractivity contribution is 9.10. The molecular weight excluding hydrogens is 336 g/mol. The second kappa shape index (κ2) is 5.69. The molecule has 0 radical (unpaired) electrons. The standard InChI is InChI=1S/C15H17BrN2O3/c1-9-5-11(18(2)17-9)8-13(19)10-6-12(16)15-14(7-10)20-3-4-21-15/h5-7,13,19H,3-4,8H2,1-2H3. The molecule has 5 nitrogen and oxygen atoms in total. The number of aliphatic hydroxyl groups is 1. The lowest BCUT2D eigenvalue weighted by Crippen LogP contribution is -2.16. The fourth-order valence-electron chi connectivity index (χ4n) is 2.49. The maximum absolute atomic E-state index is 10.5. The van der Waals surface area contributed by atoms with E-state index >= 15 is 0 Å². The third-order valence-corrected chi connectivity index (χ3v) is 4.09. The zero-order valence-corrected chi connectivity index (χ0v) is 13.6. The molecule has 1 aliphatic rings. The molecular formula is C15H17BrN2O3. The number of hydrogen-bond acceptors (Lipinski definition) is 4. The van der Waals surface area contributed by atoms with E-state index in [9.17, 15) is 5.11 Å². The highest BCUT2D eigenvalue weighted by Crippen LogP contribution is 2.40. The van der Waals surface area contributed by atoms with E-state index in [1.165, 1.54) is 0 Å². The lowest BCUT2D eigenvalue weighted by Gasteiger charge is -2.21. The van der Waals surface area contributed by atoms with E-state index in [1.807, 2.05) is 32.2 Å². The monoisotopic (exact) mass is 352 g/mol. The minimum atomic E-state index is -0.619. The molecule has 1 aromatic carbocycles. The normalized spacial score (nSPS) is 15.0. The van der Waals surface area contributed by atoms with Gasteiger partial charge in [-0.2, -0.15) is 5.10 Å². The van der Waals surface area contributed by atoms with Crippen LogP contribution in [-0.2, 0) is 13.5 Å². The summed E-state index contributed by atoms with van der Waals surface area (Å²) < 4.78 is 13.7. The van der Waals surface area contributed by atoms with Gasteiger partial charge >= 0.3 is 0 Å². The third kappa shape index (κ3) is 2.91. The number of benzene rings is 1. The maximum atomic E-state index is 10.5. The van der Waals surface area contributed by atoms with Crippen LogP contribution in [0.3, 0.4) is 0 Å². The number of aliphatic hydroxyl groups excluding tert-OH is 1. The summed E-state index contributed by atoms with van der Waals surface area (Å²) in [5.74, 6) is 1.37. The summed E-state index contributed by atoms with van der Waals surface area (Å²) in [5, 5.41) is 14.8. The van der Waals surface area contributed by atoms with Gasteiger partial charge in [0.2, 0.25) is 0 Å². The largest absolute Gasteiger partial charge is 0.486 e. The van der Waals surface area contributed by atoms with Crippen molar-refractivity contribution in [1.29, 1.82) is 0 Å². The molecule has 3 rings (SSSR count). The van der Waals surface area contributed by atoms with Gasteiger partial charge in [-0.05, 0) is 46.6 Å². The van der Waals surface area contributed by atoms with Gasteiger partial charge in [0.15, 0.2) is 11.5 Å². The van der Waals surface area contributed by atoms with Crippen LogP contribution in [-0.4, -0.2) is 28.1 Å². The summed E-state index contributed by atoms with van der Waals surface area (Å²) in [5.41, 5.74) is 2.74. The van der Waals surface area contributed by atoms with Gasteiger partial charge in [-0.1, -0.05) is 0 Å². The van der Waals surface area contributed by atoms with Crippen LogP contribution in [0.1, 0.15) is 23.1 Å². The van der Waals surface area contributed by atoms with Crippen LogP contribution in [0.4, 0.5) is 0 Å². The average molecular weight is 353 g/mol. The molecule has 1 unspecified atom stereocenters. The quantitative estimate of drug-likeness (QED) is 0.922.